The zero-order valence-electron chi connectivity index (χ0n) is 13.4. The van der Waals surface area contributed by atoms with E-state index in [1.54, 1.807) is 53.6 Å². The Labute approximate surface area is 175 Å². The van der Waals surface area contributed by atoms with Crippen LogP contribution in [0.1, 0.15) is 21.9 Å². The number of benzene rings is 2. The van der Waals surface area contributed by atoms with E-state index in [1.807, 2.05) is 12.1 Å². The summed E-state index contributed by atoms with van der Waals surface area (Å²) in [7, 11) is 0. The van der Waals surface area contributed by atoms with E-state index in [0.717, 1.165) is 11.1 Å². The van der Waals surface area contributed by atoms with Crippen LogP contribution in [0.25, 0.3) is 0 Å². The van der Waals surface area contributed by atoms with Crippen molar-refractivity contribution < 1.29 is 4.55 Å². The molecule has 3 nitrogen and oxygen atoms in total. The Morgan fingerprint density at radius 2 is 1.73 bits per heavy atom. The molecule has 0 radical (unpaired) electrons. The van der Waals surface area contributed by atoms with Gasteiger partial charge in [-0.2, -0.15) is 0 Å². The van der Waals surface area contributed by atoms with Crippen LogP contribution in [0.15, 0.2) is 61.2 Å². The normalized spacial score (nSPS) is 14.8. The molecule has 1 heterocycles. The maximum absolute atomic E-state index is 13.2. The van der Waals surface area contributed by atoms with E-state index < -0.39 is 21.9 Å². The first-order chi connectivity index (χ1) is 12.5. The average Bonchev–Trinajstić information content (AvgIpc) is 3.14. The van der Waals surface area contributed by atoms with E-state index in [4.69, 9.17) is 46.4 Å². The van der Waals surface area contributed by atoms with Gasteiger partial charge in [-0.3, -0.25) is 0 Å². The number of halogens is 4. The number of rotatable bonds is 6. The van der Waals surface area contributed by atoms with Gasteiger partial charge in [0.25, 0.3) is 0 Å². The van der Waals surface area contributed by atoms with Crippen LogP contribution in [0.2, 0.25) is 15.1 Å². The summed E-state index contributed by atoms with van der Waals surface area (Å²) in [6, 6.07) is 12.3. The van der Waals surface area contributed by atoms with Crippen molar-refractivity contribution in [2.45, 2.75) is 16.5 Å². The summed E-state index contributed by atoms with van der Waals surface area (Å²) in [5, 5.41) is 1.14. The minimum Gasteiger partial charge on any atom is -0.616 e. The van der Waals surface area contributed by atoms with Crippen LogP contribution in [-0.4, -0.2) is 14.1 Å². The monoisotopic (exact) mass is 446 g/mol. The number of nitrogens with zero attached hydrogens (tertiary/aromatic N) is 2. The second-order valence-corrected chi connectivity index (χ2v) is 8.90. The lowest BCUT2D eigenvalue weighted by Crippen LogP contribution is -2.23. The van der Waals surface area contributed by atoms with Crippen LogP contribution in [0.3, 0.4) is 0 Å². The summed E-state index contributed by atoms with van der Waals surface area (Å²) >= 11 is 23.5. The molecule has 3 rings (SSSR count). The third-order valence-corrected chi connectivity index (χ3v) is 7.01. The Balaban J connectivity index is 1.92. The molecular formula is C18H14Cl4N2OS. The van der Waals surface area contributed by atoms with Gasteiger partial charge in [0.05, 0.1) is 6.33 Å². The third-order valence-electron chi connectivity index (χ3n) is 3.85. The number of hydrogen-bond donors (Lipinski definition) is 0. The lowest BCUT2D eigenvalue weighted by atomic mass is 10.1. The molecule has 3 unspecified atom stereocenters. The Morgan fingerprint density at radius 3 is 2.35 bits per heavy atom. The molecule has 1 aromatic heterocycles. The van der Waals surface area contributed by atoms with Gasteiger partial charge in [-0.1, -0.05) is 64.6 Å². The van der Waals surface area contributed by atoms with Gasteiger partial charge in [-0.15, -0.1) is 0 Å². The van der Waals surface area contributed by atoms with Crippen LogP contribution in [0.5, 0.6) is 0 Å². The summed E-state index contributed by atoms with van der Waals surface area (Å²) in [5.41, 5.74) is 1.000. The fourth-order valence-electron chi connectivity index (χ4n) is 2.54. The molecular weight excluding hydrogens is 434 g/mol. The van der Waals surface area contributed by atoms with Gasteiger partial charge < -0.3 is 9.12 Å². The molecule has 0 fully saturated rings. The fourth-order valence-corrected chi connectivity index (χ4v) is 5.42. The van der Waals surface area contributed by atoms with Crippen LogP contribution in [0.4, 0.5) is 0 Å². The number of aromatic nitrogens is 2. The van der Waals surface area contributed by atoms with Crippen molar-refractivity contribution in [2.24, 2.45) is 0 Å². The minimum atomic E-state index is -1.35. The van der Waals surface area contributed by atoms with Crippen molar-refractivity contribution in [2.75, 3.05) is 0 Å². The summed E-state index contributed by atoms with van der Waals surface area (Å²) in [6.45, 7) is 0. The molecule has 26 heavy (non-hydrogen) atoms. The quantitative estimate of drug-likeness (QED) is 0.330. The predicted octanol–water partition coefficient (Wildman–Crippen LogP) is 6.27. The first-order valence-electron chi connectivity index (χ1n) is 7.64. The van der Waals surface area contributed by atoms with Gasteiger partial charge in [-0.25, -0.2) is 4.98 Å². The molecule has 136 valence electrons. The van der Waals surface area contributed by atoms with E-state index in [-0.39, 0.29) is 5.75 Å². The highest BCUT2D eigenvalue weighted by Crippen LogP contribution is 2.39. The number of alkyl halides is 1. The average molecular weight is 448 g/mol. The molecule has 0 aliphatic rings. The second kappa shape index (κ2) is 8.87. The molecule has 0 saturated carbocycles. The van der Waals surface area contributed by atoms with Gasteiger partial charge in [0.2, 0.25) is 0 Å². The highest BCUT2D eigenvalue weighted by molar-refractivity contribution is 7.91. The lowest BCUT2D eigenvalue weighted by molar-refractivity contribution is 0.552. The smallest absolute Gasteiger partial charge is 0.175 e. The summed E-state index contributed by atoms with van der Waals surface area (Å²) in [4.78, 5) is 4.02. The van der Waals surface area contributed by atoms with Gasteiger partial charge in [0.15, 0.2) is 10.8 Å². The predicted molar refractivity (Wildman–Crippen MR) is 110 cm³/mol. The van der Waals surface area contributed by atoms with E-state index >= 15 is 0 Å². The number of imidazole rings is 1. The zero-order valence-corrected chi connectivity index (χ0v) is 17.2. The molecule has 0 spiro atoms. The molecule has 0 aliphatic carbocycles. The van der Waals surface area contributed by atoms with Crippen molar-refractivity contribution in [1.82, 2.24) is 9.55 Å². The molecule has 0 amide bonds. The Bertz CT molecular complexity index is 858. The molecule has 8 heteroatoms. The van der Waals surface area contributed by atoms with E-state index in [1.165, 1.54) is 0 Å². The van der Waals surface area contributed by atoms with Gasteiger partial charge >= 0.3 is 0 Å². The van der Waals surface area contributed by atoms with Gasteiger partial charge in [0, 0.05) is 38.6 Å². The first kappa shape index (κ1) is 19.9. The highest BCUT2D eigenvalue weighted by Gasteiger charge is 2.34. The second-order valence-electron chi connectivity index (χ2n) is 5.62. The molecule has 3 aromatic rings. The maximum Gasteiger partial charge on any atom is 0.175 e. The molecule has 3 atom stereocenters. The Morgan fingerprint density at radius 1 is 1.04 bits per heavy atom. The Hall–Kier alpha value is -0.880. The van der Waals surface area contributed by atoms with Gasteiger partial charge in [-0.05, 0) is 35.4 Å². The summed E-state index contributed by atoms with van der Waals surface area (Å²) in [5.74, 6) is 0.251. The highest BCUT2D eigenvalue weighted by atomic mass is 35.5. The van der Waals surface area contributed by atoms with E-state index in [9.17, 15) is 4.55 Å². The largest absolute Gasteiger partial charge is 0.616 e. The van der Waals surface area contributed by atoms with Crippen LogP contribution in [-0.2, 0) is 16.9 Å². The van der Waals surface area contributed by atoms with Crippen molar-refractivity contribution in [1.29, 1.82) is 0 Å². The first-order valence-corrected chi connectivity index (χ1v) is 10.6. The standard InChI is InChI=1S/C18H14Cl4N2OS/c19-14-4-1-12(2-5-14)17(18(22)24-8-7-23-11-24)26(25)10-13-3-6-15(20)9-16(13)21/h1-9,11,17-18H,10H2. The van der Waals surface area contributed by atoms with Crippen molar-refractivity contribution in [3.8, 4) is 0 Å². The maximum atomic E-state index is 13.2. The SMILES string of the molecule is [O-][S+](Cc1ccc(Cl)cc1Cl)C(c1ccc(Cl)cc1)C(Cl)n1ccnc1. The Kier molecular flexibility index (Phi) is 6.78. The van der Waals surface area contributed by atoms with Crippen LogP contribution >= 0.6 is 46.4 Å². The van der Waals surface area contributed by atoms with E-state index in [2.05, 4.69) is 4.98 Å². The summed E-state index contributed by atoms with van der Waals surface area (Å²) in [6.07, 6.45) is 4.98. The lowest BCUT2D eigenvalue weighted by Gasteiger charge is -2.27. The fraction of sp³-hybridized carbons (Fsp3) is 0.167. The summed E-state index contributed by atoms with van der Waals surface area (Å²) < 4.78 is 15.0. The molecule has 0 bridgehead atoms. The minimum absolute atomic E-state index is 0.251. The molecule has 0 saturated heterocycles. The number of hydrogen-bond acceptors (Lipinski definition) is 2. The van der Waals surface area contributed by atoms with Crippen molar-refractivity contribution >= 4 is 57.6 Å². The zero-order chi connectivity index (χ0) is 18.7. The molecule has 0 aliphatic heterocycles. The van der Waals surface area contributed by atoms with Crippen LogP contribution in [0, 0.1) is 0 Å². The van der Waals surface area contributed by atoms with Gasteiger partial charge in [0.1, 0.15) is 5.75 Å². The van der Waals surface area contributed by atoms with E-state index in [0.29, 0.717) is 15.1 Å². The third kappa shape index (κ3) is 4.69. The van der Waals surface area contributed by atoms with Crippen molar-refractivity contribution in [3.63, 3.8) is 0 Å². The van der Waals surface area contributed by atoms with Crippen LogP contribution < -0.4 is 0 Å². The molecule has 2 aromatic carbocycles. The topological polar surface area (TPSA) is 40.9 Å². The van der Waals surface area contributed by atoms with Crippen molar-refractivity contribution in [3.05, 3.63) is 87.4 Å². The molecule has 0 N–H and O–H groups in total.